The van der Waals surface area contributed by atoms with Gasteiger partial charge < -0.3 is 4.74 Å². The number of aryl methyl sites for hydroxylation is 1. The van der Waals surface area contributed by atoms with E-state index in [0.717, 1.165) is 22.3 Å². The lowest BCUT2D eigenvalue weighted by molar-refractivity contribution is -0.137. The molecule has 1 unspecified atom stereocenters. The Bertz CT molecular complexity index is 1160. The summed E-state index contributed by atoms with van der Waals surface area (Å²) < 4.78 is 8.49. The number of thiophene rings is 1. The topological polar surface area (TPSA) is 86.7 Å². The van der Waals surface area contributed by atoms with E-state index in [1.54, 1.807) is 22.2 Å². The lowest BCUT2D eigenvalue weighted by Gasteiger charge is -2.18. The Hall–Kier alpha value is -2.20. The quantitative estimate of drug-likeness (QED) is 0.394. The lowest BCUT2D eigenvalue weighted by atomic mass is 9.87. The van der Waals surface area contributed by atoms with E-state index in [9.17, 15) is 4.79 Å². The van der Waals surface area contributed by atoms with Crippen LogP contribution in [0.2, 0.25) is 0 Å². The first-order chi connectivity index (χ1) is 12.7. The van der Waals surface area contributed by atoms with Gasteiger partial charge in [-0.3, -0.25) is 4.79 Å². The van der Waals surface area contributed by atoms with E-state index in [1.807, 2.05) is 4.40 Å². The molecule has 1 atom stereocenters. The van der Waals surface area contributed by atoms with Gasteiger partial charge in [0, 0.05) is 4.88 Å². The van der Waals surface area contributed by atoms with Crippen molar-refractivity contribution in [3.63, 3.8) is 0 Å². The molecule has 0 aromatic carbocycles. The third-order valence-corrected chi connectivity index (χ3v) is 7.02. The monoisotopic (exact) mass is 388 g/mol. The van der Waals surface area contributed by atoms with Crippen molar-refractivity contribution in [3.8, 4) is 0 Å². The van der Waals surface area contributed by atoms with Gasteiger partial charge in [-0.15, -0.1) is 21.5 Å². The van der Waals surface area contributed by atoms with Crippen molar-refractivity contribution in [1.29, 1.82) is 0 Å². The largest absolute Gasteiger partial charge is 0.468 e. The summed E-state index contributed by atoms with van der Waals surface area (Å²) in [5.74, 6) is 1.01. The molecule has 10 heteroatoms. The highest BCUT2D eigenvalue weighted by Gasteiger charge is 2.27. The molecule has 1 aliphatic rings. The Morgan fingerprint density at radius 1 is 1.46 bits per heavy atom. The SMILES string of the molecule is COC(=O)CSc1nnc2n3ncnc3c3c4c(sc3n12)CCCC4C. The number of methoxy groups -OCH3 is 1. The molecule has 1 aliphatic carbocycles. The van der Waals surface area contributed by atoms with Gasteiger partial charge in [-0.1, -0.05) is 18.7 Å². The van der Waals surface area contributed by atoms with Crippen LogP contribution in [0.5, 0.6) is 0 Å². The van der Waals surface area contributed by atoms with Crippen LogP contribution in [-0.4, -0.2) is 48.0 Å². The fraction of sp³-hybridized carbons (Fsp3) is 0.438. The van der Waals surface area contributed by atoms with Crippen LogP contribution in [0.25, 0.3) is 21.6 Å². The zero-order valence-electron chi connectivity index (χ0n) is 14.3. The molecule has 0 N–H and O–H groups in total. The maximum absolute atomic E-state index is 11.6. The number of hydrogen-bond donors (Lipinski definition) is 0. The molecular formula is C16H16N6O2S2. The maximum Gasteiger partial charge on any atom is 0.316 e. The van der Waals surface area contributed by atoms with Crippen LogP contribution < -0.4 is 0 Å². The molecule has 134 valence electrons. The average Bonchev–Trinajstić information content (AvgIpc) is 3.34. The molecule has 4 heterocycles. The fourth-order valence-corrected chi connectivity index (χ4v) is 5.96. The third-order valence-electron chi connectivity index (χ3n) is 4.86. The second kappa shape index (κ2) is 5.92. The van der Waals surface area contributed by atoms with Crippen LogP contribution in [0.1, 0.15) is 36.1 Å². The third kappa shape index (κ3) is 2.18. The van der Waals surface area contributed by atoms with Crippen molar-refractivity contribution in [2.45, 2.75) is 37.3 Å². The minimum absolute atomic E-state index is 0.190. The highest BCUT2D eigenvalue weighted by atomic mass is 32.2. The number of carbonyl (C=O) groups excluding carboxylic acids is 1. The van der Waals surface area contributed by atoms with E-state index in [0.29, 0.717) is 16.9 Å². The fourth-order valence-electron chi connectivity index (χ4n) is 3.68. The van der Waals surface area contributed by atoms with Crippen LogP contribution in [0.4, 0.5) is 0 Å². The Morgan fingerprint density at radius 2 is 2.35 bits per heavy atom. The number of carbonyl (C=O) groups is 1. The maximum atomic E-state index is 11.6. The van der Waals surface area contributed by atoms with E-state index in [4.69, 9.17) is 4.74 Å². The number of ether oxygens (including phenoxy) is 1. The normalized spacial score (nSPS) is 17.2. The predicted molar refractivity (Wildman–Crippen MR) is 99.0 cm³/mol. The summed E-state index contributed by atoms with van der Waals surface area (Å²) in [5, 5.41) is 14.8. The summed E-state index contributed by atoms with van der Waals surface area (Å²) in [7, 11) is 1.39. The van der Waals surface area contributed by atoms with Gasteiger partial charge in [-0.05, 0) is 30.7 Å². The number of esters is 1. The molecule has 0 radical (unpaired) electrons. The van der Waals surface area contributed by atoms with Crippen molar-refractivity contribution in [1.82, 2.24) is 29.2 Å². The molecule has 26 heavy (non-hydrogen) atoms. The number of thioether (sulfide) groups is 1. The van der Waals surface area contributed by atoms with Crippen molar-refractivity contribution in [2.24, 2.45) is 0 Å². The van der Waals surface area contributed by atoms with Crippen molar-refractivity contribution >= 4 is 50.7 Å². The van der Waals surface area contributed by atoms with Crippen molar-refractivity contribution < 1.29 is 9.53 Å². The number of fused-ring (bicyclic) bond motifs is 8. The summed E-state index contributed by atoms with van der Waals surface area (Å²) in [6, 6.07) is 0. The van der Waals surface area contributed by atoms with Crippen LogP contribution in [0, 0.1) is 0 Å². The van der Waals surface area contributed by atoms with E-state index in [1.165, 1.54) is 42.2 Å². The first-order valence-electron chi connectivity index (χ1n) is 8.40. The zero-order chi connectivity index (χ0) is 17.8. The van der Waals surface area contributed by atoms with Gasteiger partial charge in [-0.2, -0.15) is 9.61 Å². The smallest absolute Gasteiger partial charge is 0.316 e. The lowest BCUT2D eigenvalue weighted by Crippen LogP contribution is -2.06. The van der Waals surface area contributed by atoms with Crippen LogP contribution >= 0.6 is 23.1 Å². The molecule has 0 spiro atoms. The molecule has 5 rings (SSSR count). The second-order valence-electron chi connectivity index (χ2n) is 6.39. The predicted octanol–water partition coefficient (Wildman–Crippen LogP) is 2.69. The van der Waals surface area contributed by atoms with Gasteiger partial charge in [0.25, 0.3) is 5.78 Å². The van der Waals surface area contributed by atoms with Gasteiger partial charge in [0.1, 0.15) is 11.2 Å². The van der Waals surface area contributed by atoms with E-state index < -0.39 is 0 Å². The molecular weight excluding hydrogens is 372 g/mol. The summed E-state index contributed by atoms with van der Waals surface area (Å²) in [4.78, 5) is 18.6. The minimum atomic E-state index is -0.288. The van der Waals surface area contributed by atoms with Gasteiger partial charge >= 0.3 is 5.97 Å². The Labute approximate surface area is 156 Å². The Kier molecular flexibility index (Phi) is 3.64. The molecule has 4 aromatic heterocycles. The van der Waals surface area contributed by atoms with Gasteiger partial charge in [0.05, 0.1) is 18.2 Å². The number of aromatic nitrogens is 6. The number of rotatable bonds is 3. The molecule has 8 nitrogen and oxygen atoms in total. The number of hydrogen-bond acceptors (Lipinski definition) is 8. The minimum Gasteiger partial charge on any atom is -0.468 e. The highest BCUT2D eigenvalue weighted by molar-refractivity contribution is 7.99. The second-order valence-corrected chi connectivity index (χ2v) is 8.42. The molecule has 0 saturated carbocycles. The van der Waals surface area contributed by atoms with E-state index in [-0.39, 0.29) is 11.7 Å². The molecule has 0 saturated heterocycles. The van der Waals surface area contributed by atoms with E-state index >= 15 is 0 Å². The standard InChI is InChI=1S/C16H16N6O2S2/c1-8-4-3-5-9-11(8)12-13-17-7-18-22(13)15-19-20-16(21(15)14(12)26-9)25-6-10(23)24-2/h7-8H,3-6H2,1-2H3. The first kappa shape index (κ1) is 16.0. The molecule has 4 aromatic rings. The van der Waals surface area contributed by atoms with Crippen LogP contribution in [-0.2, 0) is 16.0 Å². The van der Waals surface area contributed by atoms with Crippen molar-refractivity contribution in [3.05, 3.63) is 16.8 Å². The highest BCUT2D eigenvalue weighted by Crippen LogP contribution is 2.44. The summed E-state index contributed by atoms with van der Waals surface area (Å²) in [5.41, 5.74) is 2.21. The Balaban J connectivity index is 1.83. The van der Waals surface area contributed by atoms with Crippen LogP contribution in [0.15, 0.2) is 11.5 Å². The molecule has 0 amide bonds. The summed E-state index contributed by atoms with van der Waals surface area (Å²) in [6.07, 6.45) is 5.04. The number of nitrogens with zero attached hydrogens (tertiary/aromatic N) is 6. The van der Waals surface area contributed by atoms with Crippen LogP contribution in [0.3, 0.4) is 0 Å². The summed E-state index contributed by atoms with van der Waals surface area (Å²) >= 11 is 3.10. The van der Waals surface area contributed by atoms with Gasteiger partial charge in [-0.25, -0.2) is 9.38 Å². The van der Waals surface area contributed by atoms with Gasteiger partial charge in [0.2, 0.25) is 0 Å². The summed E-state index contributed by atoms with van der Waals surface area (Å²) in [6.45, 7) is 2.28. The van der Waals surface area contributed by atoms with E-state index in [2.05, 4.69) is 27.2 Å². The Morgan fingerprint density at radius 3 is 3.19 bits per heavy atom. The average molecular weight is 388 g/mol. The zero-order valence-corrected chi connectivity index (χ0v) is 15.9. The molecule has 0 bridgehead atoms. The van der Waals surface area contributed by atoms with Gasteiger partial charge in [0.15, 0.2) is 10.8 Å². The van der Waals surface area contributed by atoms with Crippen molar-refractivity contribution in [2.75, 3.05) is 12.9 Å². The molecule has 0 aliphatic heterocycles. The molecule has 0 fully saturated rings. The first-order valence-corrected chi connectivity index (χ1v) is 10.2.